The number of rotatable bonds is 4. The van der Waals surface area contributed by atoms with E-state index in [-0.39, 0.29) is 0 Å². The van der Waals surface area contributed by atoms with E-state index in [1.54, 1.807) is 12.1 Å². The third-order valence-corrected chi connectivity index (χ3v) is 3.69. The maximum absolute atomic E-state index is 8.99. The maximum atomic E-state index is 8.99. The molecule has 24 heavy (non-hydrogen) atoms. The molecule has 0 fully saturated rings. The van der Waals surface area contributed by atoms with Gasteiger partial charge in [0.1, 0.15) is 17.5 Å². The minimum Gasteiger partial charge on any atom is -0.340 e. The lowest BCUT2D eigenvalue weighted by Gasteiger charge is -2.10. The average molecular weight is 380 g/mol. The molecule has 2 N–H and O–H groups in total. The van der Waals surface area contributed by atoms with Crippen molar-refractivity contribution in [2.45, 2.75) is 6.92 Å². The van der Waals surface area contributed by atoms with Crippen molar-refractivity contribution >= 4 is 38.9 Å². The van der Waals surface area contributed by atoms with Gasteiger partial charge in [0.15, 0.2) is 0 Å². The van der Waals surface area contributed by atoms with Gasteiger partial charge >= 0.3 is 0 Å². The number of benzene rings is 2. The summed E-state index contributed by atoms with van der Waals surface area (Å²) in [6.07, 6.45) is 0. The fraction of sp³-hybridized carbons (Fsp3) is 0.0556. The van der Waals surface area contributed by atoms with E-state index in [1.807, 2.05) is 49.4 Å². The zero-order valence-corrected chi connectivity index (χ0v) is 14.5. The van der Waals surface area contributed by atoms with Crippen molar-refractivity contribution in [1.29, 1.82) is 5.26 Å². The molecule has 0 aliphatic heterocycles. The Morgan fingerprint density at radius 1 is 0.917 bits per heavy atom. The van der Waals surface area contributed by atoms with Crippen LogP contribution in [0.15, 0.2) is 59.1 Å². The Morgan fingerprint density at radius 3 is 2.17 bits per heavy atom. The second kappa shape index (κ2) is 7.11. The van der Waals surface area contributed by atoms with Crippen molar-refractivity contribution in [3.8, 4) is 6.07 Å². The van der Waals surface area contributed by atoms with E-state index >= 15 is 0 Å². The van der Waals surface area contributed by atoms with Gasteiger partial charge in [-0.3, -0.25) is 0 Å². The molecule has 1 heterocycles. The smallest absolute Gasteiger partial charge is 0.136 e. The van der Waals surface area contributed by atoms with Gasteiger partial charge in [-0.05, 0) is 43.3 Å². The number of halogens is 1. The van der Waals surface area contributed by atoms with Crippen LogP contribution in [0, 0.1) is 18.3 Å². The van der Waals surface area contributed by atoms with Gasteiger partial charge in [0.25, 0.3) is 0 Å². The van der Waals surface area contributed by atoms with E-state index in [2.05, 4.69) is 42.6 Å². The number of nitrogens with zero attached hydrogens (tertiary/aromatic N) is 3. The van der Waals surface area contributed by atoms with E-state index in [1.165, 1.54) is 0 Å². The Bertz CT molecular complexity index is 917. The molecular formula is C18H14BrN5. The van der Waals surface area contributed by atoms with Crippen LogP contribution in [0.1, 0.15) is 11.4 Å². The Balaban J connectivity index is 1.84. The predicted molar refractivity (Wildman–Crippen MR) is 98.6 cm³/mol. The molecular weight excluding hydrogens is 366 g/mol. The van der Waals surface area contributed by atoms with E-state index in [9.17, 15) is 0 Å². The Morgan fingerprint density at radius 2 is 1.54 bits per heavy atom. The Hall–Kier alpha value is -2.91. The monoisotopic (exact) mass is 379 g/mol. The molecule has 118 valence electrons. The second-order valence-corrected chi connectivity index (χ2v) is 6.05. The number of aromatic nitrogens is 2. The molecule has 2 aromatic carbocycles. The predicted octanol–water partition coefficient (Wildman–Crippen LogP) is 4.91. The van der Waals surface area contributed by atoms with Gasteiger partial charge < -0.3 is 10.6 Å². The van der Waals surface area contributed by atoms with Crippen LogP contribution in [0.25, 0.3) is 0 Å². The van der Waals surface area contributed by atoms with Gasteiger partial charge in [-0.2, -0.15) is 5.26 Å². The van der Waals surface area contributed by atoms with Crippen molar-refractivity contribution in [3.05, 3.63) is 70.5 Å². The number of hydrogen-bond donors (Lipinski definition) is 2. The molecule has 0 unspecified atom stereocenters. The highest BCUT2D eigenvalue weighted by Crippen LogP contribution is 2.22. The van der Waals surface area contributed by atoms with Crippen LogP contribution in [0.4, 0.5) is 23.0 Å². The summed E-state index contributed by atoms with van der Waals surface area (Å²) in [7, 11) is 0. The lowest BCUT2D eigenvalue weighted by molar-refractivity contribution is 1.06. The number of hydrogen-bond acceptors (Lipinski definition) is 5. The van der Waals surface area contributed by atoms with Gasteiger partial charge in [0.2, 0.25) is 0 Å². The quantitative estimate of drug-likeness (QED) is 0.673. The second-order valence-electron chi connectivity index (χ2n) is 5.14. The number of aryl methyl sites for hydroxylation is 1. The first-order valence-corrected chi connectivity index (χ1v) is 8.07. The van der Waals surface area contributed by atoms with Crippen molar-refractivity contribution in [2.75, 3.05) is 10.6 Å². The maximum Gasteiger partial charge on any atom is 0.136 e. The van der Waals surface area contributed by atoms with E-state index < -0.39 is 0 Å². The van der Waals surface area contributed by atoms with E-state index in [4.69, 9.17) is 5.26 Å². The van der Waals surface area contributed by atoms with Crippen LogP contribution in [0.2, 0.25) is 0 Å². The topological polar surface area (TPSA) is 73.6 Å². The van der Waals surface area contributed by atoms with Crippen LogP contribution in [0.5, 0.6) is 0 Å². The molecule has 0 amide bonds. The first-order chi connectivity index (χ1) is 11.6. The number of anilines is 4. The Kier molecular flexibility index (Phi) is 4.73. The fourth-order valence-corrected chi connectivity index (χ4v) is 2.62. The van der Waals surface area contributed by atoms with Crippen LogP contribution in [0.3, 0.4) is 0 Å². The molecule has 1 aromatic heterocycles. The van der Waals surface area contributed by atoms with Crippen molar-refractivity contribution in [2.24, 2.45) is 0 Å². The third-order valence-electron chi connectivity index (χ3n) is 3.20. The summed E-state index contributed by atoms with van der Waals surface area (Å²) in [4.78, 5) is 8.79. The molecule has 0 bridgehead atoms. The molecule has 0 aliphatic rings. The first-order valence-electron chi connectivity index (χ1n) is 7.28. The molecule has 0 saturated heterocycles. The van der Waals surface area contributed by atoms with Crippen molar-refractivity contribution in [1.82, 2.24) is 9.97 Å². The molecule has 3 aromatic rings. The molecule has 0 radical (unpaired) electrons. The SMILES string of the molecule is Cc1nc(Nc2cccc(Br)c2)cc(Nc2cccc(C#N)c2)n1. The normalized spacial score (nSPS) is 10.0. The largest absolute Gasteiger partial charge is 0.340 e. The summed E-state index contributed by atoms with van der Waals surface area (Å²) in [5, 5.41) is 15.5. The van der Waals surface area contributed by atoms with Crippen LogP contribution in [-0.2, 0) is 0 Å². The molecule has 0 atom stereocenters. The highest BCUT2D eigenvalue weighted by atomic mass is 79.9. The van der Waals surface area contributed by atoms with Crippen molar-refractivity contribution in [3.63, 3.8) is 0 Å². The van der Waals surface area contributed by atoms with Gasteiger partial charge in [0, 0.05) is 21.9 Å². The molecule has 3 rings (SSSR count). The molecule has 0 spiro atoms. The zero-order valence-electron chi connectivity index (χ0n) is 12.9. The van der Waals surface area contributed by atoms with Gasteiger partial charge in [-0.25, -0.2) is 9.97 Å². The lowest BCUT2D eigenvalue weighted by atomic mass is 10.2. The summed E-state index contributed by atoms with van der Waals surface area (Å²) in [5.74, 6) is 2.00. The number of nitrogens with one attached hydrogen (secondary N) is 2. The summed E-state index contributed by atoms with van der Waals surface area (Å²) in [6.45, 7) is 1.84. The highest BCUT2D eigenvalue weighted by molar-refractivity contribution is 9.10. The van der Waals surface area contributed by atoms with E-state index in [0.717, 1.165) is 15.8 Å². The van der Waals surface area contributed by atoms with Gasteiger partial charge in [-0.15, -0.1) is 0 Å². The summed E-state index contributed by atoms with van der Waals surface area (Å²) in [6, 6.07) is 19.1. The zero-order chi connectivity index (χ0) is 16.9. The average Bonchev–Trinajstić information content (AvgIpc) is 2.54. The first kappa shape index (κ1) is 16.0. The fourth-order valence-electron chi connectivity index (χ4n) is 2.22. The molecule has 5 nitrogen and oxygen atoms in total. The van der Waals surface area contributed by atoms with Gasteiger partial charge in [-0.1, -0.05) is 28.1 Å². The highest BCUT2D eigenvalue weighted by Gasteiger charge is 2.04. The number of nitriles is 1. The summed E-state index contributed by atoms with van der Waals surface area (Å²) in [5.41, 5.74) is 2.33. The van der Waals surface area contributed by atoms with Crippen LogP contribution >= 0.6 is 15.9 Å². The van der Waals surface area contributed by atoms with Crippen LogP contribution in [-0.4, -0.2) is 9.97 Å². The Labute approximate surface area is 148 Å². The van der Waals surface area contributed by atoms with Gasteiger partial charge in [0.05, 0.1) is 11.6 Å². The summed E-state index contributed by atoms with van der Waals surface area (Å²) < 4.78 is 0.991. The lowest BCUT2D eigenvalue weighted by Crippen LogP contribution is -2.01. The molecule has 0 saturated carbocycles. The van der Waals surface area contributed by atoms with E-state index in [0.29, 0.717) is 23.0 Å². The standard InChI is InChI=1S/C18H14BrN5/c1-12-21-17(23-15-6-2-4-13(8-15)11-20)10-18(22-12)24-16-7-3-5-14(19)9-16/h2-10H,1H3,(H2,21,22,23,24). The third kappa shape index (κ3) is 4.09. The molecule has 6 heteroatoms. The minimum absolute atomic E-state index is 0.596. The van der Waals surface area contributed by atoms with Crippen molar-refractivity contribution < 1.29 is 0 Å². The van der Waals surface area contributed by atoms with Crippen LogP contribution < -0.4 is 10.6 Å². The minimum atomic E-state index is 0.596. The summed E-state index contributed by atoms with van der Waals surface area (Å²) >= 11 is 3.45. The molecule has 0 aliphatic carbocycles.